The lowest BCUT2D eigenvalue weighted by atomic mass is 10.0. The molecule has 0 aliphatic heterocycles. The first-order valence-electron chi connectivity index (χ1n) is 5.77. The molecule has 5 nitrogen and oxygen atoms in total. The van der Waals surface area contributed by atoms with Crippen LogP contribution in [0, 0.1) is 21.8 Å². The van der Waals surface area contributed by atoms with E-state index in [4.69, 9.17) is 5.11 Å². The van der Waals surface area contributed by atoms with Crippen LogP contribution in [0.4, 0.5) is 15.8 Å². The van der Waals surface area contributed by atoms with Crippen molar-refractivity contribution in [2.75, 3.05) is 11.9 Å². The summed E-state index contributed by atoms with van der Waals surface area (Å²) in [6.07, 6.45) is 0.450. The van der Waals surface area contributed by atoms with Crippen LogP contribution in [0.2, 0.25) is 0 Å². The highest BCUT2D eigenvalue weighted by atomic mass is 19.1. The molecule has 100 valence electrons. The highest BCUT2D eigenvalue weighted by Gasteiger charge is 2.22. The van der Waals surface area contributed by atoms with Crippen molar-refractivity contribution in [3.05, 3.63) is 34.1 Å². The Bertz CT molecular complexity index is 424. The van der Waals surface area contributed by atoms with Gasteiger partial charge in [0.1, 0.15) is 5.69 Å². The van der Waals surface area contributed by atoms with Gasteiger partial charge < -0.3 is 10.4 Å². The normalized spacial score (nSPS) is 12.5. The zero-order valence-corrected chi connectivity index (χ0v) is 10.4. The fourth-order valence-electron chi connectivity index (χ4n) is 1.73. The van der Waals surface area contributed by atoms with Gasteiger partial charge >= 0.3 is 5.69 Å². The minimum atomic E-state index is -0.864. The van der Waals surface area contributed by atoms with Crippen LogP contribution < -0.4 is 5.32 Å². The van der Waals surface area contributed by atoms with Gasteiger partial charge in [0.15, 0.2) is 0 Å². The number of nitro benzene ring substituents is 1. The first-order valence-corrected chi connectivity index (χ1v) is 5.77. The number of nitrogens with one attached hydrogen (secondary N) is 1. The first-order chi connectivity index (χ1) is 8.47. The molecule has 0 fully saturated rings. The summed E-state index contributed by atoms with van der Waals surface area (Å²) in [6, 6.07) is 3.80. The molecule has 0 radical (unpaired) electrons. The highest BCUT2D eigenvalue weighted by molar-refractivity contribution is 5.62. The number of hydrogen-bond acceptors (Lipinski definition) is 4. The van der Waals surface area contributed by atoms with E-state index in [1.54, 1.807) is 0 Å². The van der Waals surface area contributed by atoms with Gasteiger partial charge in [-0.25, -0.2) is 0 Å². The topological polar surface area (TPSA) is 75.4 Å². The van der Waals surface area contributed by atoms with E-state index in [1.807, 2.05) is 13.8 Å². The number of anilines is 1. The summed E-state index contributed by atoms with van der Waals surface area (Å²) in [6.45, 7) is 3.83. The second kappa shape index (κ2) is 6.30. The van der Waals surface area contributed by atoms with Crippen molar-refractivity contribution < 1.29 is 14.4 Å². The molecule has 2 N–H and O–H groups in total. The number of aliphatic hydroxyl groups is 1. The van der Waals surface area contributed by atoms with Crippen molar-refractivity contribution in [2.45, 2.75) is 26.3 Å². The number of aliphatic hydroxyl groups excluding tert-OH is 1. The van der Waals surface area contributed by atoms with Gasteiger partial charge in [-0.3, -0.25) is 10.1 Å². The van der Waals surface area contributed by atoms with Crippen molar-refractivity contribution in [2.24, 2.45) is 5.92 Å². The Morgan fingerprint density at radius 2 is 2.17 bits per heavy atom. The van der Waals surface area contributed by atoms with Crippen LogP contribution in [0.3, 0.4) is 0 Å². The summed E-state index contributed by atoms with van der Waals surface area (Å²) in [5, 5.41) is 22.7. The third-order valence-corrected chi connectivity index (χ3v) is 2.76. The summed E-state index contributed by atoms with van der Waals surface area (Å²) in [5.41, 5.74) is -0.409. The van der Waals surface area contributed by atoms with E-state index >= 15 is 0 Å². The number of halogens is 1. The molecule has 18 heavy (non-hydrogen) atoms. The molecule has 1 atom stereocenters. The molecule has 6 heteroatoms. The van der Waals surface area contributed by atoms with Crippen molar-refractivity contribution in [1.82, 2.24) is 0 Å². The standard InChI is InChI=1S/C12H17FN2O3/c1-8(2)10(6-7-16)14-11-5-3-4-9(13)12(11)15(17)18/h3-5,8,10,14,16H,6-7H2,1-2H3/t10-/m1/s1. The molecule has 0 bridgehead atoms. The molecule has 0 amide bonds. The molecule has 0 saturated heterocycles. The SMILES string of the molecule is CC(C)[C@@H](CCO)Nc1cccc(F)c1[N+](=O)[O-]. The molecule has 1 aromatic rings. The molecular formula is C12H17FN2O3. The van der Waals surface area contributed by atoms with Crippen LogP contribution in [0.1, 0.15) is 20.3 Å². The Hall–Kier alpha value is -1.69. The van der Waals surface area contributed by atoms with Gasteiger partial charge in [0.05, 0.1) is 4.92 Å². The van der Waals surface area contributed by atoms with Crippen LogP contribution in [0.5, 0.6) is 0 Å². The Kier molecular flexibility index (Phi) is 5.03. The Labute approximate surface area is 105 Å². The highest BCUT2D eigenvalue weighted by Crippen LogP contribution is 2.29. The lowest BCUT2D eigenvalue weighted by Gasteiger charge is -2.22. The summed E-state index contributed by atoms with van der Waals surface area (Å²) in [5.74, 6) is -0.698. The van der Waals surface area contributed by atoms with Gasteiger partial charge in [0, 0.05) is 12.6 Å². The maximum Gasteiger partial charge on any atom is 0.327 e. The fraction of sp³-hybridized carbons (Fsp3) is 0.500. The Morgan fingerprint density at radius 1 is 1.50 bits per heavy atom. The van der Waals surface area contributed by atoms with Crippen LogP contribution in [-0.4, -0.2) is 22.7 Å². The number of nitrogens with zero attached hydrogens (tertiary/aromatic N) is 1. The van der Waals surface area contributed by atoms with E-state index in [0.717, 1.165) is 6.07 Å². The fourth-order valence-corrected chi connectivity index (χ4v) is 1.73. The number of nitro groups is 1. The molecule has 0 aliphatic rings. The first kappa shape index (κ1) is 14.4. The molecule has 0 aromatic heterocycles. The zero-order chi connectivity index (χ0) is 13.7. The lowest BCUT2D eigenvalue weighted by Crippen LogP contribution is -2.27. The van der Waals surface area contributed by atoms with E-state index in [9.17, 15) is 14.5 Å². The molecule has 0 saturated carbocycles. The lowest BCUT2D eigenvalue weighted by molar-refractivity contribution is -0.386. The largest absolute Gasteiger partial charge is 0.396 e. The predicted molar refractivity (Wildman–Crippen MR) is 67.0 cm³/mol. The summed E-state index contributed by atoms with van der Waals surface area (Å²) in [7, 11) is 0. The van der Waals surface area contributed by atoms with Gasteiger partial charge in [-0.1, -0.05) is 19.9 Å². The van der Waals surface area contributed by atoms with Crippen molar-refractivity contribution >= 4 is 11.4 Å². The molecule has 1 aromatic carbocycles. The molecule has 0 aliphatic carbocycles. The van der Waals surface area contributed by atoms with Gasteiger partial charge in [0.2, 0.25) is 5.82 Å². The van der Waals surface area contributed by atoms with Crippen LogP contribution >= 0.6 is 0 Å². The molecule has 0 heterocycles. The molecule has 0 unspecified atom stereocenters. The van der Waals surface area contributed by atoms with Gasteiger partial charge in [-0.05, 0) is 24.5 Å². The zero-order valence-electron chi connectivity index (χ0n) is 10.4. The quantitative estimate of drug-likeness (QED) is 0.606. The van der Waals surface area contributed by atoms with E-state index in [0.29, 0.717) is 6.42 Å². The van der Waals surface area contributed by atoms with E-state index < -0.39 is 16.4 Å². The average molecular weight is 256 g/mol. The number of rotatable bonds is 6. The second-order valence-corrected chi connectivity index (χ2v) is 4.40. The summed E-state index contributed by atoms with van der Waals surface area (Å²) in [4.78, 5) is 10.1. The molecule has 0 spiro atoms. The van der Waals surface area contributed by atoms with Crippen molar-refractivity contribution in [3.8, 4) is 0 Å². The van der Waals surface area contributed by atoms with E-state index in [2.05, 4.69) is 5.32 Å². The number of hydrogen-bond donors (Lipinski definition) is 2. The predicted octanol–water partition coefficient (Wildman–Crippen LogP) is 2.55. The third kappa shape index (κ3) is 3.40. The second-order valence-electron chi connectivity index (χ2n) is 4.40. The Morgan fingerprint density at radius 3 is 2.67 bits per heavy atom. The maximum atomic E-state index is 13.4. The van der Waals surface area contributed by atoms with Crippen LogP contribution in [0.25, 0.3) is 0 Å². The minimum absolute atomic E-state index is 0.0288. The van der Waals surface area contributed by atoms with Gasteiger partial charge in [-0.15, -0.1) is 0 Å². The average Bonchev–Trinajstić information content (AvgIpc) is 2.27. The monoisotopic (exact) mass is 256 g/mol. The summed E-state index contributed by atoms with van der Waals surface area (Å²) >= 11 is 0. The van der Waals surface area contributed by atoms with Crippen LogP contribution in [-0.2, 0) is 0 Å². The Balaban J connectivity index is 3.02. The maximum absolute atomic E-state index is 13.4. The summed E-state index contributed by atoms with van der Waals surface area (Å²) < 4.78 is 13.4. The molecular weight excluding hydrogens is 239 g/mol. The number of benzene rings is 1. The van der Waals surface area contributed by atoms with Gasteiger partial charge in [0.25, 0.3) is 0 Å². The van der Waals surface area contributed by atoms with Crippen molar-refractivity contribution in [1.29, 1.82) is 0 Å². The van der Waals surface area contributed by atoms with Gasteiger partial charge in [-0.2, -0.15) is 4.39 Å². The minimum Gasteiger partial charge on any atom is -0.396 e. The molecule has 1 rings (SSSR count). The van der Waals surface area contributed by atoms with Crippen molar-refractivity contribution in [3.63, 3.8) is 0 Å². The van der Waals surface area contributed by atoms with E-state index in [-0.39, 0.29) is 24.3 Å². The third-order valence-electron chi connectivity index (χ3n) is 2.76. The van der Waals surface area contributed by atoms with E-state index in [1.165, 1.54) is 12.1 Å². The number of para-hydroxylation sites is 1. The smallest absolute Gasteiger partial charge is 0.327 e. The van der Waals surface area contributed by atoms with Crippen LogP contribution in [0.15, 0.2) is 18.2 Å².